The van der Waals surface area contributed by atoms with Crippen molar-refractivity contribution in [3.8, 4) is 11.5 Å². The van der Waals surface area contributed by atoms with E-state index in [0.29, 0.717) is 24.0 Å². The Hall–Kier alpha value is -0.580. The van der Waals surface area contributed by atoms with Gasteiger partial charge < -0.3 is 14.8 Å². The zero-order chi connectivity index (χ0) is 14.5. The smallest absolute Gasteiger partial charge is 0.179 e. The van der Waals surface area contributed by atoms with Crippen LogP contribution < -0.4 is 14.8 Å². The summed E-state index contributed by atoms with van der Waals surface area (Å²) >= 11 is 8.40. The minimum atomic E-state index is 0.651. The van der Waals surface area contributed by atoms with Crippen molar-refractivity contribution in [2.45, 2.75) is 37.5 Å². The van der Waals surface area contributed by atoms with Crippen molar-refractivity contribution in [1.82, 2.24) is 5.32 Å². The van der Waals surface area contributed by atoms with Gasteiger partial charge in [-0.3, -0.25) is 0 Å². The van der Waals surface area contributed by atoms with Crippen molar-refractivity contribution in [3.63, 3.8) is 0 Å². The average molecular weight is 328 g/mol. The van der Waals surface area contributed by atoms with E-state index in [1.165, 1.54) is 25.0 Å². The van der Waals surface area contributed by atoms with Crippen molar-refractivity contribution in [1.29, 1.82) is 0 Å². The van der Waals surface area contributed by atoms with Gasteiger partial charge in [0.25, 0.3) is 0 Å². The minimum absolute atomic E-state index is 0.651. The van der Waals surface area contributed by atoms with Crippen LogP contribution in [-0.4, -0.2) is 30.8 Å². The molecule has 0 bridgehead atoms. The second-order valence-electron chi connectivity index (χ2n) is 5.57. The lowest BCUT2D eigenvalue weighted by atomic mass is 10.1. The van der Waals surface area contributed by atoms with Gasteiger partial charge in [0.05, 0.1) is 18.2 Å². The van der Waals surface area contributed by atoms with Crippen LogP contribution in [0, 0.1) is 0 Å². The van der Waals surface area contributed by atoms with Gasteiger partial charge in [0, 0.05) is 24.8 Å². The van der Waals surface area contributed by atoms with Crippen LogP contribution in [0.2, 0.25) is 5.02 Å². The Kier molecular flexibility index (Phi) is 5.55. The van der Waals surface area contributed by atoms with E-state index in [-0.39, 0.29) is 0 Å². The molecule has 1 N–H and O–H groups in total. The normalized spacial score (nSPS) is 21.9. The first-order chi connectivity index (χ1) is 10.3. The highest BCUT2D eigenvalue weighted by molar-refractivity contribution is 7.99. The molecule has 0 radical (unpaired) electrons. The molecular weight excluding hydrogens is 306 g/mol. The van der Waals surface area contributed by atoms with Gasteiger partial charge in [0.1, 0.15) is 0 Å². The van der Waals surface area contributed by atoms with Crippen LogP contribution in [0.5, 0.6) is 11.5 Å². The summed E-state index contributed by atoms with van der Waals surface area (Å²) in [5, 5.41) is 4.96. The minimum Gasteiger partial charge on any atom is -0.489 e. The largest absolute Gasteiger partial charge is 0.489 e. The molecule has 1 unspecified atom stereocenters. The highest BCUT2D eigenvalue weighted by Crippen LogP contribution is 2.38. The molecule has 1 aromatic carbocycles. The summed E-state index contributed by atoms with van der Waals surface area (Å²) in [6, 6.07) is 4.03. The maximum atomic E-state index is 6.31. The van der Waals surface area contributed by atoms with E-state index in [2.05, 4.69) is 17.1 Å². The Bertz CT molecular complexity index is 478. The lowest BCUT2D eigenvalue weighted by Crippen LogP contribution is -2.26. The van der Waals surface area contributed by atoms with Gasteiger partial charge in [-0.1, -0.05) is 18.0 Å². The van der Waals surface area contributed by atoms with Crippen molar-refractivity contribution in [2.75, 3.05) is 25.5 Å². The standard InChI is InChI=1S/C16H22ClNO2S/c17-14-8-12(9-15-16(14)20-6-3-5-19-15)10-18-11-13-4-1-2-7-21-13/h8-9,13,18H,1-7,10-11H2. The van der Waals surface area contributed by atoms with E-state index in [1.54, 1.807) is 0 Å². The lowest BCUT2D eigenvalue weighted by molar-refractivity contribution is 0.297. The van der Waals surface area contributed by atoms with Crippen LogP contribution in [0.15, 0.2) is 12.1 Å². The predicted molar refractivity (Wildman–Crippen MR) is 88.9 cm³/mol. The van der Waals surface area contributed by atoms with E-state index >= 15 is 0 Å². The summed E-state index contributed by atoms with van der Waals surface area (Å²) < 4.78 is 11.4. The highest BCUT2D eigenvalue weighted by Gasteiger charge is 2.16. The van der Waals surface area contributed by atoms with E-state index in [0.717, 1.165) is 36.1 Å². The van der Waals surface area contributed by atoms with Crippen LogP contribution >= 0.6 is 23.4 Å². The van der Waals surface area contributed by atoms with Crippen LogP contribution in [-0.2, 0) is 6.54 Å². The Balaban J connectivity index is 1.57. The molecule has 3 rings (SSSR count). The zero-order valence-corrected chi connectivity index (χ0v) is 13.8. The third kappa shape index (κ3) is 4.21. The molecule has 1 atom stereocenters. The van der Waals surface area contributed by atoms with E-state index in [9.17, 15) is 0 Å². The summed E-state index contributed by atoms with van der Waals surface area (Å²) in [6.07, 6.45) is 4.98. The van der Waals surface area contributed by atoms with Crippen molar-refractivity contribution >= 4 is 23.4 Å². The van der Waals surface area contributed by atoms with Gasteiger partial charge in [-0.15, -0.1) is 0 Å². The number of ether oxygens (including phenoxy) is 2. The molecule has 2 heterocycles. The first-order valence-electron chi connectivity index (χ1n) is 7.73. The molecule has 0 aliphatic carbocycles. The van der Waals surface area contributed by atoms with Crippen LogP contribution in [0.3, 0.4) is 0 Å². The third-order valence-corrected chi connectivity index (χ3v) is 5.52. The molecule has 2 aliphatic rings. The second kappa shape index (κ2) is 7.61. The van der Waals surface area contributed by atoms with Crippen LogP contribution in [0.4, 0.5) is 0 Å². The highest BCUT2D eigenvalue weighted by atomic mass is 35.5. The quantitative estimate of drug-likeness (QED) is 0.909. The van der Waals surface area contributed by atoms with E-state index in [1.807, 2.05) is 12.1 Å². The summed E-state index contributed by atoms with van der Waals surface area (Å²) in [7, 11) is 0. The van der Waals surface area contributed by atoms with E-state index in [4.69, 9.17) is 21.1 Å². The van der Waals surface area contributed by atoms with Gasteiger partial charge in [0.2, 0.25) is 0 Å². The molecule has 116 valence electrons. The number of hydrogen-bond donors (Lipinski definition) is 1. The summed E-state index contributed by atoms with van der Waals surface area (Å²) in [4.78, 5) is 0. The van der Waals surface area contributed by atoms with Crippen molar-refractivity contribution < 1.29 is 9.47 Å². The van der Waals surface area contributed by atoms with Crippen molar-refractivity contribution in [3.05, 3.63) is 22.7 Å². The molecule has 1 saturated heterocycles. The predicted octanol–water partition coefficient (Wildman–Crippen LogP) is 3.88. The number of halogens is 1. The fourth-order valence-electron chi connectivity index (χ4n) is 2.73. The molecule has 1 aromatic rings. The fourth-order valence-corrected chi connectivity index (χ4v) is 4.29. The number of hydrogen-bond acceptors (Lipinski definition) is 4. The molecule has 0 amide bonds. The molecule has 3 nitrogen and oxygen atoms in total. The third-order valence-electron chi connectivity index (χ3n) is 3.84. The summed E-state index contributed by atoms with van der Waals surface area (Å²) in [6.45, 7) is 3.26. The van der Waals surface area contributed by atoms with Gasteiger partial charge in [-0.05, 0) is 36.3 Å². The number of nitrogens with one attached hydrogen (secondary N) is 1. The molecule has 0 saturated carbocycles. The average Bonchev–Trinajstić information content (AvgIpc) is 2.74. The molecule has 0 aromatic heterocycles. The Labute approximate surface area is 135 Å². The first-order valence-corrected chi connectivity index (χ1v) is 9.16. The topological polar surface area (TPSA) is 30.5 Å². The monoisotopic (exact) mass is 327 g/mol. The fraction of sp³-hybridized carbons (Fsp3) is 0.625. The summed E-state index contributed by atoms with van der Waals surface area (Å²) in [5.41, 5.74) is 1.16. The van der Waals surface area contributed by atoms with Gasteiger partial charge >= 0.3 is 0 Å². The molecule has 5 heteroatoms. The molecule has 2 aliphatic heterocycles. The van der Waals surface area contributed by atoms with Gasteiger partial charge in [-0.2, -0.15) is 11.8 Å². The zero-order valence-electron chi connectivity index (χ0n) is 12.2. The number of thioether (sulfide) groups is 1. The van der Waals surface area contributed by atoms with Crippen molar-refractivity contribution in [2.24, 2.45) is 0 Å². The summed E-state index contributed by atoms with van der Waals surface area (Å²) in [5.74, 6) is 2.78. The maximum absolute atomic E-state index is 6.31. The van der Waals surface area contributed by atoms with Crippen LogP contribution in [0.25, 0.3) is 0 Å². The SMILES string of the molecule is Clc1cc(CNCC2CCCCS2)cc2c1OCCCO2. The maximum Gasteiger partial charge on any atom is 0.179 e. The van der Waals surface area contributed by atoms with E-state index < -0.39 is 0 Å². The van der Waals surface area contributed by atoms with Crippen LogP contribution in [0.1, 0.15) is 31.2 Å². The molecule has 1 fully saturated rings. The lowest BCUT2D eigenvalue weighted by Gasteiger charge is -2.21. The number of benzene rings is 1. The second-order valence-corrected chi connectivity index (χ2v) is 7.39. The molecular formula is C16H22ClNO2S. The Morgan fingerprint density at radius 3 is 2.95 bits per heavy atom. The van der Waals surface area contributed by atoms with Gasteiger partial charge in [-0.25, -0.2) is 0 Å². The number of rotatable bonds is 4. The Morgan fingerprint density at radius 1 is 1.19 bits per heavy atom. The van der Waals surface area contributed by atoms with Gasteiger partial charge in [0.15, 0.2) is 11.5 Å². The first kappa shape index (κ1) is 15.3. The molecule has 21 heavy (non-hydrogen) atoms. The Morgan fingerprint density at radius 2 is 2.10 bits per heavy atom. The molecule has 0 spiro atoms. The number of fused-ring (bicyclic) bond motifs is 1.